The summed E-state index contributed by atoms with van der Waals surface area (Å²) in [4.78, 5) is 15.4. The van der Waals surface area contributed by atoms with E-state index in [9.17, 15) is 0 Å². The lowest BCUT2D eigenvalue weighted by molar-refractivity contribution is 0.669. The average molecular weight is 650 g/mol. The molecule has 51 heavy (non-hydrogen) atoms. The van der Waals surface area contributed by atoms with E-state index in [-0.39, 0.29) is 0 Å². The first-order valence-corrected chi connectivity index (χ1v) is 17.2. The van der Waals surface area contributed by atoms with Crippen LogP contribution in [0.5, 0.6) is 0 Å². The highest BCUT2D eigenvalue weighted by molar-refractivity contribution is 6.17. The number of furan rings is 1. The van der Waals surface area contributed by atoms with Crippen molar-refractivity contribution in [3.8, 4) is 67.5 Å². The summed E-state index contributed by atoms with van der Waals surface area (Å²) < 4.78 is 6.27. The van der Waals surface area contributed by atoms with Crippen molar-refractivity contribution < 1.29 is 4.42 Å². The lowest BCUT2D eigenvalue weighted by atomic mass is 9.92. The molecule has 8 aromatic carbocycles. The molecule has 0 atom stereocenters. The molecule has 0 saturated heterocycles. The lowest BCUT2D eigenvalue weighted by Gasteiger charge is -2.14. The lowest BCUT2D eigenvalue weighted by Crippen LogP contribution is -2.01. The number of hydrogen-bond acceptors (Lipinski definition) is 4. The molecule has 4 nitrogen and oxygen atoms in total. The Kier molecular flexibility index (Phi) is 5.92. The molecule has 0 saturated carbocycles. The molecule has 2 heterocycles. The van der Waals surface area contributed by atoms with Crippen LogP contribution in [0.2, 0.25) is 0 Å². The largest absolute Gasteiger partial charge is 0.456 e. The molecular weight excluding hydrogens is 623 g/mol. The molecule has 10 aromatic rings. The number of hydrogen-bond donors (Lipinski definition) is 0. The number of aromatic nitrogens is 3. The van der Waals surface area contributed by atoms with Crippen molar-refractivity contribution in [1.82, 2.24) is 15.0 Å². The average Bonchev–Trinajstić information content (AvgIpc) is 3.74. The highest BCUT2D eigenvalue weighted by Gasteiger charge is 2.23. The fourth-order valence-electron chi connectivity index (χ4n) is 8.00. The van der Waals surface area contributed by atoms with Gasteiger partial charge in [0.1, 0.15) is 11.2 Å². The fourth-order valence-corrected chi connectivity index (χ4v) is 8.00. The van der Waals surface area contributed by atoms with Crippen LogP contribution in [0, 0.1) is 0 Å². The molecule has 2 aromatic heterocycles. The first kappa shape index (κ1) is 28.0. The third-order valence-corrected chi connectivity index (χ3v) is 10.3. The minimum Gasteiger partial charge on any atom is -0.456 e. The number of nitrogens with zero attached hydrogens (tertiary/aromatic N) is 3. The smallest absolute Gasteiger partial charge is 0.164 e. The van der Waals surface area contributed by atoms with Gasteiger partial charge >= 0.3 is 0 Å². The third-order valence-electron chi connectivity index (χ3n) is 10.3. The second kappa shape index (κ2) is 10.8. The fraction of sp³-hybridized carbons (Fsp3) is 0. The van der Waals surface area contributed by atoms with Crippen LogP contribution in [0.1, 0.15) is 0 Å². The summed E-state index contributed by atoms with van der Waals surface area (Å²) in [6.07, 6.45) is 0. The third kappa shape index (κ3) is 4.23. The Labute approximate surface area is 293 Å². The number of para-hydroxylation sites is 1. The van der Waals surface area contributed by atoms with Gasteiger partial charge in [-0.2, -0.15) is 0 Å². The predicted molar refractivity (Wildman–Crippen MR) is 208 cm³/mol. The molecule has 0 unspecified atom stereocenters. The topological polar surface area (TPSA) is 51.8 Å². The quantitative estimate of drug-likeness (QED) is 0.190. The Morgan fingerprint density at radius 3 is 1.69 bits per heavy atom. The first-order valence-electron chi connectivity index (χ1n) is 17.2. The van der Waals surface area contributed by atoms with Crippen LogP contribution in [0.4, 0.5) is 0 Å². The van der Waals surface area contributed by atoms with E-state index in [1.54, 1.807) is 0 Å². The molecular formula is C47H27N3O. The normalized spacial score (nSPS) is 11.9. The van der Waals surface area contributed by atoms with Crippen molar-refractivity contribution in [2.75, 3.05) is 0 Å². The molecule has 0 radical (unpaired) electrons. The van der Waals surface area contributed by atoms with Crippen LogP contribution in [-0.4, -0.2) is 15.0 Å². The van der Waals surface area contributed by atoms with Gasteiger partial charge in [0.05, 0.1) is 0 Å². The Hall–Kier alpha value is -6.91. The van der Waals surface area contributed by atoms with E-state index < -0.39 is 0 Å². The second-order valence-corrected chi connectivity index (χ2v) is 13.1. The van der Waals surface area contributed by atoms with Crippen molar-refractivity contribution in [3.63, 3.8) is 0 Å². The van der Waals surface area contributed by atoms with Crippen molar-refractivity contribution in [3.05, 3.63) is 164 Å². The molecule has 0 aliphatic heterocycles. The molecule has 0 amide bonds. The van der Waals surface area contributed by atoms with Crippen LogP contribution < -0.4 is 0 Å². The van der Waals surface area contributed by atoms with Gasteiger partial charge in [-0.15, -0.1) is 0 Å². The Morgan fingerprint density at radius 2 is 0.882 bits per heavy atom. The van der Waals surface area contributed by atoms with E-state index in [0.717, 1.165) is 60.5 Å². The zero-order valence-electron chi connectivity index (χ0n) is 27.3. The summed E-state index contributed by atoms with van der Waals surface area (Å²) >= 11 is 0. The van der Waals surface area contributed by atoms with Crippen LogP contribution in [0.3, 0.4) is 0 Å². The zero-order valence-corrected chi connectivity index (χ0v) is 27.3. The van der Waals surface area contributed by atoms with Crippen molar-refractivity contribution in [2.24, 2.45) is 0 Å². The highest BCUT2D eigenvalue weighted by atomic mass is 16.3. The number of fused-ring (bicyclic) bond motifs is 7. The molecule has 0 spiro atoms. The summed E-state index contributed by atoms with van der Waals surface area (Å²) in [5.41, 5.74) is 11.9. The molecule has 1 aliphatic carbocycles. The summed E-state index contributed by atoms with van der Waals surface area (Å²) in [6, 6.07) is 57.3. The van der Waals surface area contributed by atoms with E-state index in [4.69, 9.17) is 19.4 Å². The van der Waals surface area contributed by atoms with E-state index in [0.29, 0.717) is 17.5 Å². The van der Waals surface area contributed by atoms with E-state index in [2.05, 4.69) is 127 Å². The summed E-state index contributed by atoms with van der Waals surface area (Å²) in [5, 5.41) is 6.99. The number of benzene rings is 8. The van der Waals surface area contributed by atoms with Crippen LogP contribution in [0.15, 0.2) is 168 Å². The second-order valence-electron chi connectivity index (χ2n) is 13.1. The Bertz CT molecular complexity index is 3030. The van der Waals surface area contributed by atoms with E-state index in [1.165, 1.54) is 33.0 Å². The van der Waals surface area contributed by atoms with Gasteiger partial charge in [0, 0.05) is 27.5 Å². The van der Waals surface area contributed by atoms with E-state index in [1.807, 2.05) is 36.4 Å². The van der Waals surface area contributed by atoms with Crippen LogP contribution >= 0.6 is 0 Å². The first-order chi connectivity index (χ1) is 25.3. The maximum atomic E-state index is 6.27. The molecule has 0 fully saturated rings. The summed E-state index contributed by atoms with van der Waals surface area (Å²) in [6.45, 7) is 0. The van der Waals surface area contributed by atoms with Gasteiger partial charge in [-0.25, -0.2) is 15.0 Å². The SMILES string of the molecule is c1ccc(-c2nc(-c3ccc4c(c3)-c3cccc5cccc-4c35)nc(-c3ccc(-c4cccc5oc6ccccc6c45)c4ccccc34)n2)cc1. The monoisotopic (exact) mass is 649 g/mol. The van der Waals surface area contributed by atoms with Gasteiger partial charge in [-0.05, 0) is 79.2 Å². The summed E-state index contributed by atoms with van der Waals surface area (Å²) in [7, 11) is 0. The standard InChI is InChI=1S/C47H27N3O/c1-2-11-29(12-3-1)45-48-46(30-23-24-34-35-18-8-13-28-14-9-19-37(43(28)35)40(34)27-30)50-47(49-45)38-26-25-33(31-15-4-5-16-32(31)38)36-20-10-22-42-44(36)39-17-6-7-21-41(39)51-42/h1-27H. The van der Waals surface area contributed by atoms with Crippen molar-refractivity contribution >= 4 is 43.5 Å². The van der Waals surface area contributed by atoms with Crippen LogP contribution in [-0.2, 0) is 0 Å². The maximum Gasteiger partial charge on any atom is 0.164 e. The molecule has 0 N–H and O–H groups in total. The number of rotatable bonds is 4. The minimum atomic E-state index is 0.638. The molecule has 11 rings (SSSR count). The molecule has 4 heteroatoms. The van der Waals surface area contributed by atoms with E-state index >= 15 is 0 Å². The van der Waals surface area contributed by atoms with Gasteiger partial charge in [-0.1, -0.05) is 140 Å². The Balaban J connectivity index is 1.12. The molecule has 0 bridgehead atoms. The van der Waals surface area contributed by atoms with Gasteiger partial charge in [-0.3, -0.25) is 0 Å². The summed E-state index contributed by atoms with van der Waals surface area (Å²) in [5.74, 6) is 1.93. The maximum absolute atomic E-state index is 6.27. The van der Waals surface area contributed by atoms with Gasteiger partial charge in [0.25, 0.3) is 0 Å². The van der Waals surface area contributed by atoms with Gasteiger partial charge in [0.2, 0.25) is 0 Å². The van der Waals surface area contributed by atoms with Gasteiger partial charge < -0.3 is 4.42 Å². The minimum absolute atomic E-state index is 0.638. The van der Waals surface area contributed by atoms with Crippen molar-refractivity contribution in [1.29, 1.82) is 0 Å². The predicted octanol–water partition coefficient (Wildman–Crippen LogP) is 12.4. The van der Waals surface area contributed by atoms with Crippen LogP contribution in [0.25, 0.3) is 111 Å². The zero-order chi connectivity index (χ0) is 33.5. The molecule has 1 aliphatic rings. The van der Waals surface area contributed by atoms with Crippen molar-refractivity contribution in [2.45, 2.75) is 0 Å². The van der Waals surface area contributed by atoms with Gasteiger partial charge in [0.15, 0.2) is 17.5 Å². The Morgan fingerprint density at radius 1 is 0.314 bits per heavy atom. The highest BCUT2D eigenvalue weighted by Crippen LogP contribution is 2.48. The molecule has 236 valence electrons.